The summed E-state index contributed by atoms with van der Waals surface area (Å²) in [7, 11) is 0. The number of unbranched alkanes of at least 4 members (excludes halogenated alkanes) is 1. The van der Waals surface area contributed by atoms with Crippen molar-refractivity contribution in [3.8, 4) is 0 Å². The van der Waals surface area contributed by atoms with Crippen molar-refractivity contribution in [2.75, 3.05) is 0 Å². The van der Waals surface area contributed by atoms with E-state index in [1.165, 1.54) is 32.1 Å². The molecule has 0 saturated heterocycles. The van der Waals surface area contributed by atoms with E-state index in [0.29, 0.717) is 17.8 Å². The van der Waals surface area contributed by atoms with Gasteiger partial charge in [0.05, 0.1) is 5.92 Å². The minimum Gasteiger partial charge on any atom is -0.481 e. The standard InChI is InChI=1S/C18H36O2/c1-6-8-10-16(9-7-2)13-17(18(19)20)15(5)12-11-14(3)4/h14-17H,6-13H2,1-5H3,(H,19,20). The van der Waals surface area contributed by atoms with Crippen LogP contribution in [0.3, 0.4) is 0 Å². The minimum atomic E-state index is -0.584. The van der Waals surface area contributed by atoms with Crippen LogP contribution in [0.5, 0.6) is 0 Å². The van der Waals surface area contributed by atoms with Gasteiger partial charge in [-0.2, -0.15) is 0 Å². The highest BCUT2D eigenvalue weighted by Gasteiger charge is 2.27. The van der Waals surface area contributed by atoms with Crippen LogP contribution in [0.15, 0.2) is 0 Å². The van der Waals surface area contributed by atoms with Crippen LogP contribution in [0.25, 0.3) is 0 Å². The molecule has 0 aliphatic carbocycles. The molecule has 0 aliphatic heterocycles. The second kappa shape index (κ2) is 11.2. The zero-order chi connectivity index (χ0) is 15.5. The number of carboxylic acids is 1. The lowest BCUT2D eigenvalue weighted by atomic mass is 9.79. The third-order valence-corrected chi connectivity index (χ3v) is 4.45. The first kappa shape index (κ1) is 19.5. The monoisotopic (exact) mass is 284 g/mol. The zero-order valence-electron chi connectivity index (χ0n) is 14.3. The maximum Gasteiger partial charge on any atom is 0.306 e. The maximum absolute atomic E-state index is 11.6. The first-order valence-electron chi connectivity index (χ1n) is 8.65. The fourth-order valence-electron chi connectivity index (χ4n) is 3.01. The Bertz CT molecular complexity index is 248. The number of hydrogen-bond donors (Lipinski definition) is 1. The first-order chi connectivity index (χ1) is 9.42. The summed E-state index contributed by atoms with van der Waals surface area (Å²) in [6.45, 7) is 11.0. The predicted octanol–water partition coefficient (Wildman–Crippen LogP) is 5.76. The maximum atomic E-state index is 11.6. The zero-order valence-corrected chi connectivity index (χ0v) is 14.3. The Labute approximate surface area is 126 Å². The highest BCUT2D eigenvalue weighted by Crippen LogP contribution is 2.30. The third-order valence-electron chi connectivity index (χ3n) is 4.45. The van der Waals surface area contributed by atoms with Crippen molar-refractivity contribution >= 4 is 5.97 Å². The lowest BCUT2D eigenvalue weighted by Crippen LogP contribution is -2.25. The Balaban J connectivity index is 4.50. The molecule has 0 heterocycles. The van der Waals surface area contributed by atoms with Gasteiger partial charge in [0.2, 0.25) is 0 Å². The number of rotatable bonds is 12. The second-order valence-electron chi connectivity index (χ2n) is 6.93. The molecule has 0 spiro atoms. The molecule has 120 valence electrons. The smallest absolute Gasteiger partial charge is 0.306 e. The summed E-state index contributed by atoms with van der Waals surface area (Å²) >= 11 is 0. The summed E-state index contributed by atoms with van der Waals surface area (Å²) in [6, 6.07) is 0. The van der Waals surface area contributed by atoms with Crippen LogP contribution in [0.4, 0.5) is 0 Å². The van der Waals surface area contributed by atoms with E-state index < -0.39 is 5.97 Å². The molecule has 0 amide bonds. The lowest BCUT2D eigenvalue weighted by molar-refractivity contribution is -0.144. The summed E-state index contributed by atoms with van der Waals surface area (Å²) in [5.41, 5.74) is 0. The predicted molar refractivity (Wildman–Crippen MR) is 86.9 cm³/mol. The molecule has 20 heavy (non-hydrogen) atoms. The van der Waals surface area contributed by atoms with Gasteiger partial charge in [-0.1, -0.05) is 73.1 Å². The van der Waals surface area contributed by atoms with Gasteiger partial charge in [-0.25, -0.2) is 0 Å². The molecule has 3 atom stereocenters. The second-order valence-corrected chi connectivity index (χ2v) is 6.93. The van der Waals surface area contributed by atoms with Gasteiger partial charge in [-0.15, -0.1) is 0 Å². The number of hydrogen-bond acceptors (Lipinski definition) is 1. The number of aliphatic carboxylic acids is 1. The van der Waals surface area contributed by atoms with Crippen molar-refractivity contribution in [1.29, 1.82) is 0 Å². The molecule has 2 heteroatoms. The molecular formula is C18H36O2. The van der Waals surface area contributed by atoms with Gasteiger partial charge in [-0.05, 0) is 30.6 Å². The molecule has 0 saturated carbocycles. The van der Waals surface area contributed by atoms with Crippen molar-refractivity contribution in [2.45, 2.75) is 86.0 Å². The van der Waals surface area contributed by atoms with Gasteiger partial charge in [-0.3, -0.25) is 4.79 Å². The van der Waals surface area contributed by atoms with Crippen LogP contribution in [-0.4, -0.2) is 11.1 Å². The van der Waals surface area contributed by atoms with Crippen molar-refractivity contribution in [3.05, 3.63) is 0 Å². The molecule has 0 aromatic rings. The number of carbonyl (C=O) groups is 1. The van der Waals surface area contributed by atoms with E-state index in [2.05, 4.69) is 34.6 Å². The Morgan fingerprint density at radius 1 is 0.950 bits per heavy atom. The molecule has 0 rings (SSSR count). The van der Waals surface area contributed by atoms with E-state index in [-0.39, 0.29) is 5.92 Å². The van der Waals surface area contributed by atoms with E-state index >= 15 is 0 Å². The molecule has 0 aliphatic rings. The van der Waals surface area contributed by atoms with Crippen molar-refractivity contribution in [2.24, 2.45) is 23.7 Å². The van der Waals surface area contributed by atoms with E-state index in [0.717, 1.165) is 19.3 Å². The summed E-state index contributed by atoms with van der Waals surface area (Å²) in [6.07, 6.45) is 9.05. The Hall–Kier alpha value is -0.530. The molecule has 3 unspecified atom stereocenters. The normalized spacial score (nSPS) is 16.1. The third kappa shape index (κ3) is 8.60. The molecular weight excluding hydrogens is 248 g/mol. The van der Waals surface area contributed by atoms with Crippen molar-refractivity contribution in [3.63, 3.8) is 0 Å². The average Bonchev–Trinajstić information content (AvgIpc) is 2.38. The molecule has 1 N–H and O–H groups in total. The summed E-state index contributed by atoms with van der Waals surface area (Å²) < 4.78 is 0. The lowest BCUT2D eigenvalue weighted by Gasteiger charge is -2.25. The van der Waals surface area contributed by atoms with Crippen LogP contribution in [-0.2, 0) is 4.79 Å². The van der Waals surface area contributed by atoms with E-state index in [1.54, 1.807) is 0 Å². The van der Waals surface area contributed by atoms with Crippen LogP contribution < -0.4 is 0 Å². The quantitative estimate of drug-likeness (QED) is 0.495. The van der Waals surface area contributed by atoms with Gasteiger partial charge < -0.3 is 5.11 Å². The Morgan fingerprint density at radius 2 is 1.60 bits per heavy atom. The number of carboxylic acid groups (broad SMARTS) is 1. The topological polar surface area (TPSA) is 37.3 Å². The van der Waals surface area contributed by atoms with Gasteiger partial charge in [0.15, 0.2) is 0 Å². The fourth-order valence-corrected chi connectivity index (χ4v) is 3.01. The van der Waals surface area contributed by atoms with E-state index in [4.69, 9.17) is 0 Å². The molecule has 0 aromatic carbocycles. The molecule has 0 bridgehead atoms. The van der Waals surface area contributed by atoms with Crippen molar-refractivity contribution in [1.82, 2.24) is 0 Å². The molecule has 2 nitrogen and oxygen atoms in total. The van der Waals surface area contributed by atoms with Crippen LogP contribution >= 0.6 is 0 Å². The average molecular weight is 284 g/mol. The largest absolute Gasteiger partial charge is 0.481 e. The SMILES string of the molecule is CCCCC(CCC)CC(C(=O)O)C(C)CCC(C)C. The minimum absolute atomic E-state index is 0.151. The summed E-state index contributed by atoms with van der Waals surface area (Å²) in [5.74, 6) is 0.831. The highest BCUT2D eigenvalue weighted by atomic mass is 16.4. The highest BCUT2D eigenvalue weighted by molar-refractivity contribution is 5.70. The summed E-state index contributed by atoms with van der Waals surface area (Å²) in [4.78, 5) is 11.6. The summed E-state index contributed by atoms with van der Waals surface area (Å²) in [5, 5.41) is 9.55. The van der Waals surface area contributed by atoms with Crippen LogP contribution in [0.1, 0.15) is 86.0 Å². The molecule has 0 fully saturated rings. The Kier molecular flexibility index (Phi) is 10.9. The van der Waals surface area contributed by atoms with Gasteiger partial charge in [0.25, 0.3) is 0 Å². The first-order valence-corrected chi connectivity index (χ1v) is 8.65. The van der Waals surface area contributed by atoms with Crippen LogP contribution in [0.2, 0.25) is 0 Å². The van der Waals surface area contributed by atoms with Crippen LogP contribution in [0, 0.1) is 23.7 Å². The van der Waals surface area contributed by atoms with E-state index in [9.17, 15) is 9.90 Å². The van der Waals surface area contributed by atoms with E-state index in [1.807, 2.05) is 0 Å². The van der Waals surface area contributed by atoms with Crippen molar-refractivity contribution < 1.29 is 9.90 Å². The van der Waals surface area contributed by atoms with Gasteiger partial charge in [0.1, 0.15) is 0 Å². The van der Waals surface area contributed by atoms with Gasteiger partial charge >= 0.3 is 5.97 Å². The Morgan fingerprint density at radius 3 is 2.05 bits per heavy atom. The fraction of sp³-hybridized carbons (Fsp3) is 0.944. The van der Waals surface area contributed by atoms with Gasteiger partial charge in [0, 0.05) is 0 Å². The molecule has 0 radical (unpaired) electrons. The molecule has 0 aromatic heterocycles.